The Labute approximate surface area is 136 Å². The lowest BCUT2D eigenvalue weighted by Gasteiger charge is -2.04. The zero-order valence-electron chi connectivity index (χ0n) is 11.8. The number of nitrogens with one attached hydrogen (secondary N) is 2. The first kappa shape index (κ1) is 16.7. The summed E-state index contributed by atoms with van der Waals surface area (Å²) < 4.78 is 32.9. The second kappa shape index (κ2) is 7.06. The van der Waals surface area contributed by atoms with Crippen molar-refractivity contribution in [1.82, 2.24) is 10.0 Å². The molecular weight excluding hydrogens is 376 g/mol. The van der Waals surface area contributed by atoms with Crippen LogP contribution in [0.25, 0.3) is 0 Å². The molecule has 0 saturated heterocycles. The number of hydrogen-bond acceptors (Lipinski definition) is 5. The van der Waals surface area contributed by atoms with E-state index in [1.165, 1.54) is 17.4 Å². The molecule has 2 rings (SSSR count). The number of sulfonamides is 1. The molecule has 21 heavy (non-hydrogen) atoms. The Morgan fingerprint density at radius 2 is 2.14 bits per heavy atom. The van der Waals surface area contributed by atoms with Crippen molar-refractivity contribution in [2.45, 2.75) is 31.8 Å². The third-order valence-electron chi connectivity index (χ3n) is 2.94. The van der Waals surface area contributed by atoms with Gasteiger partial charge in [0.25, 0.3) is 0 Å². The summed E-state index contributed by atoms with van der Waals surface area (Å²) in [4.78, 5) is 1.13. The van der Waals surface area contributed by atoms with Crippen molar-refractivity contribution in [1.29, 1.82) is 0 Å². The van der Waals surface area contributed by atoms with Crippen LogP contribution in [0.5, 0.6) is 0 Å². The van der Waals surface area contributed by atoms with Crippen molar-refractivity contribution >= 4 is 37.3 Å². The lowest BCUT2D eigenvalue weighted by Crippen LogP contribution is -2.23. The fourth-order valence-corrected chi connectivity index (χ4v) is 4.67. The summed E-state index contributed by atoms with van der Waals surface area (Å²) in [5, 5.41) is 5.04. The predicted octanol–water partition coefficient (Wildman–Crippen LogP) is 3.00. The van der Waals surface area contributed by atoms with E-state index in [4.69, 9.17) is 4.42 Å². The quantitative estimate of drug-likeness (QED) is 0.759. The molecule has 0 amide bonds. The minimum Gasteiger partial charge on any atom is -0.452 e. The Morgan fingerprint density at radius 1 is 1.38 bits per heavy atom. The van der Waals surface area contributed by atoms with Gasteiger partial charge in [0.1, 0.15) is 10.7 Å². The maximum Gasteiger partial charge on any atom is 0.245 e. The van der Waals surface area contributed by atoms with Crippen LogP contribution >= 0.6 is 27.3 Å². The van der Waals surface area contributed by atoms with Crippen LogP contribution in [0.4, 0.5) is 0 Å². The second-order valence-electron chi connectivity index (χ2n) is 4.48. The summed E-state index contributed by atoms with van der Waals surface area (Å²) in [5.41, 5.74) is 1.08. The summed E-state index contributed by atoms with van der Waals surface area (Å²) in [7, 11) is -3.60. The van der Waals surface area contributed by atoms with E-state index in [1.807, 2.05) is 25.3 Å². The second-order valence-corrected chi connectivity index (χ2v) is 7.94. The number of aryl methyl sites for hydroxylation is 1. The number of thiophene rings is 1. The molecular formula is C13H17BrN2O3S2. The van der Waals surface area contributed by atoms with Crippen LogP contribution in [0.3, 0.4) is 0 Å². The van der Waals surface area contributed by atoms with E-state index in [2.05, 4.69) is 26.0 Å². The number of halogens is 1. The molecule has 0 saturated carbocycles. The molecule has 0 aromatic carbocycles. The van der Waals surface area contributed by atoms with Crippen molar-refractivity contribution in [2.75, 3.05) is 6.54 Å². The van der Waals surface area contributed by atoms with Crippen LogP contribution < -0.4 is 10.0 Å². The highest BCUT2D eigenvalue weighted by atomic mass is 79.9. The Balaban J connectivity index is 2.12. The molecule has 2 aromatic rings. The van der Waals surface area contributed by atoms with Gasteiger partial charge in [-0.3, -0.25) is 0 Å². The first-order valence-corrected chi connectivity index (χ1v) is 9.61. The van der Waals surface area contributed by atoms with E-state index < -0.39 is 10.0 Å². The molecule has 5 nitrogen and oxygen atoms in total. The van der Waals surface area contributed by atoms with Crippen LogP contribution in [-0.2, 0) is 23.1 Å². The van der Waals surface area contributed by atoms with E-state index in [0.717, 1.165) is 17.0 Å². The highest BCUT2D eigenvalue weighted by Gasteiger charge is 2.22. The standard InChI is InChI=1S/C13H17BrN2O3S2/c1-3-15-7-10-6-12(13(14)19-10)21(17,18)16-8-11-9(2)4-5-20-11/h4-6,15-16H,3,7-8H2,1-2H3. The van der Waals surface area contributed by atoms with Gasteiger partial charge in [-0.25, -0.2) is 13.1 Å². The van der Waals surface area contributed by atoms with E-state index in [0.29, 0.717) is 12.3 Å². The smallest absolute Gasteiger partial charge is 0.245 e. The first-order valence-electron chi connectivity index (χ1n) is 6.45. The van der Waals surface area contributed by atoms with Crippen molar-refractivity contribution in [3.05, 3.63) is 38.4 Å². The molecule has 0 aliphatic carbocycles. The first-order chi connectivity index (χ1) is 9.94. The SMILES string of the molecule is CCNCc1cc(S(=O)(=O)NCc2sccc2C)c(Br)o1. The predicted molar refractivity (Wildman–Crippen MR) is 86.9 cm³/mol. The lowest BCUT2D eigenvalue weighted by molar-refractivity contribution is 0.464. The molecule has 0 fully saturated rings. The molecule has 0 radical (unpaired) electrons. The Hall–Kier alpha value is -0.670. The topological polar surface area (TPSA) is 71.3 Å². The van der Waals surface area contributed by atoms with Crippen LogP contribution in [0.15, 0.2) is 31.5 Å². The molecule has 8 heteroatoms. The third-order valence-corrected chi connectivity index (χ3v) is 6.22. The van der Waals surface area contributed by atoms with Crippen molar-refractivity contribution < 1.29 is 12.8 Å². The molecule has 0 spiro atoms. The Bertz CT molecular complexity index is 707. The van der Waals surface area contributed by atoms with E-state index in [9.17, 15) is 8.42 Å². The molecule has 116 valence electrons. The van der Waals surface area contributed by atoms with Gasteiger partial charge in [-0.05, 0) is 46.4 Å². The number of hydrogen-bond donors (Lipinski definition) is 2. The van der Waals surface area contributed by atoms with Gasteiger partial charge in [0.05, 0.1) is 6.54 Å². The van der Waals surface area contributed by atoms with E-state index in [-0.39, 0.29) is 16.1 Å². The number of furan rings is 1. The maximum absolute atomic E-state index is 12.3. The van der Waals surface area contributed by atoms with Gasteiger partial charge in [0.2, 0.25) is 10.0 Å². The lowest BCUT2D eigenvalue weighted by atomic mass is 10.3. The highest BCUT2D eigenvalue weighted by Crippen LogP contribution is 2.26. The molecule has 0 bridgehead atoms. The highest BCUT2D eigenvalue weighted by molar-refractivity contribution is 9.10. The molecule has 0 aliphatic rings. The fourth-order valence-electron chi connectivity index (χ4n) is 1.74. The zero-order chi connectivity index (χ0) is 15.5. The molecule has 0 unspecified atom stereocenters. The summed E-state index contributed by atoms with van der Waals surface area (Å²) >= 11 is 4.70. The molecule has 0 atom stereocenters. The molecule has 2 aromatic heterocycles. The van der Waals surface area contributed by atoms with Crippen LogP contribution in [0.2, 0.25) is 0 Å². The summed E-state index contributed by atoms with van der Waals surface area (Å²) in [6.45, 7) is 5.50. The van der Waals surface area contributed by atoms with Gasteiger partial charge >= 0.3 is 0 Å². The van der Waals surface area contributed by atoms with Crippen LogP contribution in [-0.4, -0.2) is 15.0 Å². The minimum absolute atomic E-state index is 0.129. The van der Waals surface area contributed by atoms with E-state index in [1.54, 1.807) is 0 Å². The summed E-state index contributed by atoms with van der Waals surface area (Å²) in [6.07, 6.45) is 0. The van der Waals surface area contributed by atoms with Gasteiger partial charge in [-0.15, -0.1) is 11.3 Å². The summed E-state index contributed by atoms with van der Waals surface area (Å²) in [5.74, 6) is 0.580. The Morgan fingerprint density at radius 3 is 2.76 bits per heavy atom. The van der Waals surface area contributed by atoms with Crippen molar-refractivity contribution in [3.8, 4) is 0 Å². The normalized spacial score (nSPS) is 12.0. The number of rotatable bonds is 7. The van der Waals surface area contributed by atoms with Crippen LogP contribution in [0, 0.1) is 6.92 Å². The van der Waals surface area contributed by atoms with Gasteiger partial charge < -0.3 is 9.73 Å². The largest absolute Gasteiger partial charge is 0.452 e. The Kier molecular flexibility index (Phi) is 5.61. The average Bonchev–Trinajstić information content (AvgIpc) is 3.00. The molecule has 2 N–H and O–H groups in total. The third kappa shape index (κ3) is 4.17. The molecule has 0 aliphatic heterocycles. The van der Waals surface area contributed by atoms with Crippen molar-refractivity contribution in [3.63, 3.8) is 0 Å². The van der Waals surface area contributed by atoms with Crippen molar-refractivity contribution in [2.24, 2.45) is 0 Å². The van der Waals surface area contributed by atoms with Gasteiger partial charge in [-0.1, -0.05) is 6.92 Å². The van der Waals surface area contributed by atoms with Crippen LogP contribution in [0.1, 0.15) is 23.1 Å². The average molecular weight is 393 g/mol. The molecule has 2 heterocycles. The summed E-state index contributed by atoms with van der Waals surface area (Å²) in [6, 6.07) is 3.51. The fraction of sp³-hybridized carbons (Fsp3) is 0.385. The minimum atomic E-state index is -3.60. The maximum atomic E-state index is 12.3. The van der Waals surface area contributed by atoms with Gasteiger partial charge in [0.15, 0.2) is 4.67 Å². The van der Waals surface area contributed by atoms with Gasteiger partial charge in [-0.2, -0.15) is 0 Å². The monoisotopic (exact) mass is 392 g/mol. The van der Waals surface area contributed by atoms with E-state index >= 15 is 0 Å². The van der Waals surface area contributed by atoms with Gasteiger partial charge in [0, 0.05) is 17.5 Å². The zero-order valence-corrected chi connectivity index (χ0v) is 15.0.